The van der Waals surface area contributed by atoms with Crippen molar-refractivity contribution in [2.45, 2.75) is 24.2 Å². The number of hydrogen-bond donors (Lipinski definition) is 1. The summed E-state index contributed by atoms with van der Waals surface area (Å²) in [5.74, 6) is 1.20. The third kappa shape index (κ3) is 2.53. The average molecular weight is 301 g/mol. The van der Waals surface area contributed by atoms with Gasteiger partial charge in [0.05, 0.1) is 5.69 Å². The smallest absolute Gasteiger partial charge is 0.264 e. The predicted octanol–water partition coefficient (Wildman–Crippen LogP) is 2.58. The summed E-state index contributed by atoms with van der Waals surface area (Å²) in [7, 11) is 0. The number of oxazole rings is 1. The molecule has 0 aliphatic heterocycles. The first kappa shape index (κ1) is 11.4. The molecule has 0 aliphatic carbocycles. The van der Waals surface area contributed by atoms with Gasteiger partial charge in [0.15, 0.2) is 5.16 Å². The van der Waals surface area contributed by atoms with Crippen LogP contribution < -0.4 is 5.73 Å². The second-order valence-corrected chi connectivity index (χ2v) is 4.85. The minimum absolute atomic E-state index is 0.407. The molecule has 0 aromatic carbocycles. The summed E-state index contributed by atoms with van der Waals surface area (Å²) in [6.45, 7) is 3.75. The first-order chi connectivity index (χ1) is 7.54. The van der Waals surface area contributed by atoms with E-state index in [1.165, 1.54) is 11.8 Å². The van der Waals surface area contributed by atoms with Crippen LogP contribution in [0.3, 0.4) is 0 Å². The highest BCUT2D eigenvalue weighted by molar-refractivity contribution is 9.10. The summed E-state index contributed by atoms with van der Waals surface area (Å²) in [4.78, 5) is 12.4. The zero-order valence-corrected chi connectivity index (χ0v) is 11.1. The Kier molecular flexibility index (Phi) is 3.15. The van der Waals surface area contributed by atoms with E-state index >= 15 is 0 Å². The third-order valence-electron chi connectivity index (χ3n) is 1.88. The van der Waals surface area contributed by atoms with Gasteiger partial charge in [-0.3, -0.25) is 0 Å². The highest BCUT2D eigenvalue weighted by Gasteiger charge is 2.10. The Morgan fingerprint density at radius 1 is 1.31 bits per heavy atom. The van der Waals surface area contributed by atoms with Crippen molar-refractivity contribution in [2.24, 2.45) is 0 Å². The maximum absolute atomic E-state index is 5.60. The van der Waals surface area contributed by atoms with Crippen LogP contribution in [0.2, 0.25) is 0 Å². The molecule has 5 nitrogen and oxygen atoms in total. The van der Waals surface area contributed by atoms with Crippen LogP contribution in [-0.4, -0.2) is 15.0 Å². The van der Waals surface area contributed by atoms with Crippen molar-refractivity contribution < 1.29 is 4.42 Å². The first-order valence-corrected chi connectivity index (χ1v) is 6.07. The van der Waals surface area contributed by atoms with Gasteiger partial charge in [-0.15, -0.1) is 0 Å². The molecule has 0 radical (unpaired) electrons. The Morgan fingerprint density at radius 3 is 2.62 bits per heavy atom. The number of nitrogens with two attached hydrogens (primary N) is 1. The van der Waals surface area contributed by atoms with Gasteiger partial charge in [-0.2, -0.15) is 0 Å². The summed E-state index contributed by atoms with van der Waals surface area (Å²) in [5.41, 5.74) is 6.47. The monoisotopic (exact) mass is 300 g/mol. The van der Waals surface area contributed by atoms with E-state index in [4.69, 9.17) is 10.2 Å². The second-order valence-electron chi connectivity index (χ2n) is 3.12. The van der Waals surface area contributed by atoms with Gasteiger partial charge in [0.1, 0.15) is 16.2 Å². The van der Waals surface area contributed by atoms with Gasteiger partial charge in [0, 0.05) is 17.8 Å². The van der Waals surface area contributed by atoms with Crippen molar-refractivity contribution in [3.05, 3.63) is 22.1 Å². The first-order valence-electron chi connectivity index (χ1n) is 4.46. The molecular weight excluding hydrogens is 292 g/mol. The van der Waals surface area contributed by atoms with E-state index in [2.05, 4.69) is 30.9 Å². The normalized spacial score (nSPS) is 10.7. The molecule has 0 bridgehead atoms. The SMILES string of the molecule is Cc1nc(Sc2nc(N)cc(Br)n2)oc1C. The van der Waals surface area contributed by atoms with E-state index in [1.807, 2.05) is 13.8 Å². The van der Waals surface area contributed by atoms with E-state index in [0.717, 1.165) is 11.5 Å². The van der Waals surface area contributed by atoms with Crippen LogP contribution in [0.25, 0.3) is 0 Å². The third-order valence-corrected chi connectivity index (χ3v) is 3.00. The quantitative estimate of drug-likeness (QED) is 0.678. The van der Waals surface area contributed by atoms with E-state index in [-0.39, 0.29) is 0 Å². The lowest BCUT2D eigenvalue weighted by Gasteiger charge is -1.98. The number of anilines is 1. The van der Waals surface area contributed by atoms with E-state index < -0.39 is 0 Å². The molecule has 0 saturated carbocycles. The van der Waals surface area contributed by atoms with Crippen molar-refractivity contribution >= 4 is 33.5 Å². The van der Waals surface area contributed by atoms with Crippen LogP contribution >= 0.6 is 27.7 Å². The minimum Gasteiger partial charge on any atom is -0.436 e. The van der Waals surface area contributed by atoms with Crippen molar-refractivity contribution in [1.29, 1.82) is 0 Å². The van der Waals surface area contributed by atoms with Crippen molar-refractivity contribution in [2.75, 3.05) is 5.73 Å². The summed E-state index contributed by atoms with van der Waals surface area (Å²) in [5, 5.41) is 1.03. The van der Waals surface area contributed by atoms with Gasteiger partial charge in [-0.25, -0.2) is 15.0 Å². The van der Waals surface area contributed by atoms with Gasteiger partial charge in [-0.1, -0.05) is 0 Å². The summed E-state index contributed by atoms with van der Waals surface area (Å²) < 4.78 is 6.05. The Bertz CT molecular complexity index is 488. The molecule has 0 amide bonds. The van der Waals surface area contributed by atoms with Crippen LogP contribution in [-0.2, 0) is 0 Å². The molecule has 0 atom stereocenters. The number of aryl methyl sites for hydroxylation is 2. The zero-order chi connectivity index (χ0) is 11.7. The molecule has 2 aromatic rings. The van der Waals surface area contributed by atoms with Gasteiger partial charge in [0.25, 0.3) is 5.22 Å². The van der Waals surface area contributed by atoms with Crippen LogP contribution in [0.1, 0.15) is 11.5 Å². The van der Waals surface area contributed by atoms with E-state index in [9.17, 15) is 0 Å². The highest BCUT2D eigenvalue weighted by Crippen LogP contribution is 2.27. The maximum atomic E-state index is 5.60. The molecule has 7 heteroatoms. The van der Waals surface area contributed by atoms with Crippen LogP contribution in [0, 0.1) is 13.8 Å². The fourth-order valence-electron chi connectivity index (χ4n) is 1.02. The van der Waals surface area contributed by atoms with E-state index in [1.54, 1.807) is 6.07 Å². The van der Waals surface area contributed by atoms with E-state index in [0.29, 0.717) is 20.8 Å². The van der Waals surface area contributed by atoms with Gasteiger partial charge >= 0.3 is 0 Å². The molecule has 0 aliphatic rings. The number of nitrogen functional groups attached to an aromatic ring is 1. The Hall–Kier alpha value is -1.08. The van der Waals surface area contributed by atoms with Gasteiger partial charge in [-0.05, 0) is 29.8 Å². The van der Waals surface area contributed by atoms with Crippen LogP contribution in [0.4, 0.5) is 5.82 Å². The summed E-state index contributed by atoms with van der Waals surface area (Å²) in [6.07, 6.45) is 0. The molecule has 0 fully saturated rings. The van der Waals surface area contributed by atoms with Crippen LogP contribution in [0.15, 0.2) is 25.5 Å². The predicted molar refractivity (Wildman–Crippen MR) is 64.2 cm³/mol. The molecule has 2 heterocycles. The number of aromatic nitrogens is 3. The van der Waals surface area contributed by atoms with Gasteiger partial charge in [0.2, 0.25) is 0 Å². The topological polar surface area (TPSA) is 77.8 Å². The standard InChI is InChI=1S/C9H9BrN4OS/c1-4-5(2)15-9(12-4)16-8-13-6(10)3-7(11)14-8/h3H,1-2H3,(H2,11,13,14). The number of halogens is 1. The van der Waals surface area contributed by atoms with Gasteiger partial charge < -0.3 is 10.2 Å². The lowest BCUT2D eigenvalue weighted by atomic mass is 10.4. The molecular formula is C9H9BrN4OS. The fourth-order valence-corrected chi connectivity index (χ4v) is 2.34. The molecule has 84 valence electrons. The summed E-state index contributed by atoms with van der Waals surface area (Å²) >= 11 is 4.49. The maximum Gasteiger partial charge on any atom is 0.264 e. The molecule has 2 N–H and O–H groups in total. The van der Waals surface area contributed by atoms with Crippen molar-refractivity contribution in [1.82, 2.24) is 15.0 Å². The lowest BCUT2D eigenvalue weighted by molar-refractivity contribution is 0.430. The number of rotatable bonds is 2. The Balaban J connectivity index is 2.26. The fraction of sp³-hybridized carbons (Fsp3) is 0.222. The molecule has 0 unspecified atom stereocenters. The Labute approximate surface area is 105 Å². The summed E-state index contributed by atoms with van der Waals surface area (Å²) in [6, 6.07) is 1.64. The molecule has 16 heavy (non-hydrogen) atoms. The largest absolute Gasteiger partial charge is 0.436 e. The molecule has 2 rings (SSSR count). The lowest BCUT2D eigenvalue weighted by Crippen LogP contribution is -1.94. The molecule has 0 saturated heterocycles. The molecule has 2 aromatic heterocycles. The van der Waals surface area contributed by atoms with Crippen LogP contribution in [0.5, 0.6) is 0 Å². The minimum atomic E-state index is 0.407. The Morgan fingerprint density at radius 2 is 2.06 bits per heavy atom. The molecule has 0 spiro atoms. The zero-order valence-electron chi connectivity index (χ0n) is 8.69. The second kappa shape index (κ2) is 4.42. The number of hydrogen-bond acceptors (Lipinski definition) is 6. The highest BCUT2D eigenvalue weighted by atomic mass is 79.9. The average Bonchev–Trinajstić information content (AvgIpc) is 2.43. The van der Waals surface area contributed by atoms with Crippen molar-refractivity contribution in [3.8, 4) is 0 Å². The number of nitrogens with zero attached hydrogens (tertiary/aromatic N) is 3. The van der Waals surface area contributed by atoms with Crippen molar-refractivity contribution in [3.63, 3.8) is 0 Å².